The van der Waals surface area contributed by atoms with E-state index in [4.69, 9.17) is 0 Å². The van der Waals surface area contributed by atoms with E-state index in [0.29, 0.717) is 25.4 Å². The zero-order valence-electron chi connectivity index (χ0n) is 17.9. The van der Waals surface area contributed by atoms with Crippen LogP contribution in [0.1, 0.15) is 44.1 Å². The van der Waals surface area contributed by atoms with E-state index in [1.807, 2.05) is 30.3 Å². The minimum absolute atomic E-state index is 0.133. The van der Waals surface area contributed by atoms with Crippen LogP contribution in [-0.2, 0) is 16.0 Å². The lowest BCUT2D eigenvalue weighted by molar-refractivity contribution is -0.129. The number of benzene rings is 2. The molecule has 0 bridgehead atoms. The van der Waals surface area contributed by atoms with Crippen LogP contribution < -0.4 is 16.0 Å². The average Bonchev–Trinajstić information content (AvgIpc) is 2.78. The second-order valence-corrected chi connectivity index (χ2v) is 8.25. The minimum atomic E-state index is -0.523. The highest BCUT2D eigenvalue weighted by Gasteiger charge is 2.25. The molecule has 0 saturated heterocycles. The predicted molar refractivity (Wildman–Crippen MR) is 121 cm³/mol. The fourth-order valence-electron chi connectivity index (χ4n) is 4.10. The van der Waals surface area contributed by atoms with Crippen LogP contribution >= 0.6 is 0 Å². The van der Waals surface area contributed by atoms with Gasteiger partial charge in [0, 0.05) is 18.8 Å². The van der Waals surface area contributed by atoms with Crippen molar-refractivity contribution < 1.29 is 14.0 Å². The number of halogens is 1. The Bertz CT molecular complexity index is 820. The smallest absolute Gasteiger partial charge is 0.242 e. The molecule has 5 nitrogen and oxygen atoms in total. The first kappa shape index (κ1) is 22.8. The molecule has 166 valence electrons. The number of anilines is 1. The van der Waals surface area contributed by atoms with Crippen LogP contribution in [0.15, 0.2) is 54.6 Å². The SMILES string of the molecule is O=C(Cc1ccccc1)N[C@@H](CC1CCCCC1)C(=O)NCCNc1ccc(F)cc1. The van der Waals surface area contributed by atoms with Gasteiger partial charge in [0.2, 0.25) is 11.8 Å². The molecule has 31 heavy (non-hydrogen) atoms. The molecule has 0 radical (unpaired) electrons. The van der Waals surface area contributed by atoms with Crippen molar-refractivity contribution >= 4 is 17.5 Å². The van der Waals surface area contributed by atoms with Gasteiger partial charge in [-0.05, 0) is 42.2 Å². The van der Waals surface area contributed by atoms with Crippen molar-refractivity contribution in [3.8, 4) is 0 Å². The molecule has 3 N–H and O–H groups in total. The molecule has 2 amide bonds. The molecule has 0 aromatic heterocycles. The quantitative estimate of drug-likeness (QED) is 0.503. The van der Waals surface area contributed by atoms with Gasteiger partial charge in [-0.1, -0.05) is 62.4 Å². The summed E-state index contributed by atoms with van der Waals surface area (Å²) in [6, 6.07) is 15.1. The highest BCUT2D eigenvalue weighted by molar-refractivity contribution is 5.88. The maximum absolute atomic E-state index is 13.0. The van der Waals surface area contributed by atoms with Gasteiger partial charge in [0.15, 0.2) is 0 Å². The minimum Gasteiger partial charge on any atom is -0.383 e. The third kappa shape index (κ3) is 8.04. The van der Waals surface area contributed by atoms with Crippen molar-refractivity contribution in [2.75, 3.05) is 18.4 Å². The van der Waals surface area contributed by atoms with Crippen LogP contribution in [-0.4, -0.2) is 30.9 Å². The van der Waals surface area contributed by atoms with E-state index in [2.05, 4.69) is 16.0 Å². The molecule has 2 aromatic rings. The lowest BCUT2D eigenvalue weighted by atomic mass is 9.84. The molecule has 0 aliphatic heterocycles. The molecule has 0 unspecified atom stereocenters. The molecule has 1 aliphatic rings. The number of rotatable bonds is 10. The molecule has 1 atom stereocenters. The molecular formula is C25H32FN3O2. The molecule has 1 aliphatic carbocycles. The van der Waals surface area contributed by atoms with Gasteiger partial charge in [0.1, 0.15) is 11.9 Å². The van der Waals surface area contributed by atoms with Gasteiger partial charge in [-0.25, -0.2) is 4.39 Å². The largest absolute Gasteiger partial charge is 0.383 e. The van der Waals surface area contributed by atoms with Gasteiger partial charge in [-0.2, -0.15) is 0 Å². The molecule has 3 rings (SSSR count). The topological polar surface area (TPSA) is 70.2 Å². The Morgan fingerprint density at radius 1 is 0.935 bits per heavy atom. The summed E-state index contributed by atoms with van der Waals surface area (Å²) in [4.78, 5) is 25.4. The highest BCUT2D eigenvalue weighted by Crippen LogP contribution is 2.27. The molecule has 2 aromatic carbocycles. The van der Waals surface area contributed by atoms with E-state index in [1.165, 1.54) is 31.4 Å². The van der Waals surface area contributed by atoms with Crippen LogP contribution in [0.4, 0.5) is 10.1 Å². The van der Waals surface area contributed by atoms with Gasteiger partial charge in [-0.15, -0.1) is 0 Å². The van der Waals surface area contributed by atoms with E-state index >= 15 is 0 Å². The molecule has 1 saturated carbocycles. The Kier molecular flexibility index (Phi) is 8.88. The second-order valence-electron chi connectivity index (χ2n) is 8.25. The molecular weight excluding hydrogens is 393 g/mol. The normalized spacial score (nSPS) is 15.1. The molecule has 6 heteroatoms. The Morgan fingerprint density at radius 3 is 2.35 bits per heavy atom. The summed E-state index contributed by atoms with van der Waals surface area (Å²) >= 11 is 0. The number of nitrogens with one attached hydrogen (secondary N) is 3. The summed E-state index contributed by atoms with van der Waals surface area (Å²) in [7, 11) is 0. The van der Waals surface area contributed by atoms with E-state index < -0.39 is 6.04 Å². The summed E-state index contributed by atoms with van der Waals surface area (Å²) in [5.41, 5.74) is 1.73. The number of hydrogen-bond donors (Lipinski definition) is 3. The molecule has 0 spiro atoms. The van der Waals surface area contributed by atoms with Gasteiger partial charge in [0.05, 0.1) is 6.42 Å². The van der Waals surface area contributed by atoms with Gasteiger partial charge < -0.3 is 16.0 Å². The summed E-state index contributed by atoms with van der Waals surface area (Å²) in [5, 5.41) is 9.05. The van der Waals surface area contributed by atoms with Crippen LogP contribution in [0.2, 0.25) is 0 Å². The van der Waals surface area contributed by atoms with Crippen LogP contribution in [0.3, 0.4) is 0 Å². The van der Waals surface area contributed by atoms with Crippen molar-refractivity contribution in [1.29, 1.82) is 0 Å². The van der Waals surface area contributed by atoms with Crippen LogP contribution in [0, 0.1) is 11.7 Å². The Labute approximate surface area is 183 Å². The van der Waals surface area contributed by atoms with Crippen LogP contribution in [0.25, 0.3) is 0 Å². The number of carbonyl (C=O) groups excluding carboxylic acids is 2. The lowest BCUT2D eigenvalue weighted by Gasteiger charge is -2.26. The fourth-order valence-corrected chi connectivity index (χ4v) is 4.10. The standard InChI is InChI=1S/C25H32FN3O2/c26-21-11-13-22(14-12-21)27-15-16-28-25(31)23(17-19-7-3-1-4-8-19)29-24(30)18-20-9-5-2-6-10-20/h2,5-6,9-14,19,23,27H,1,3-4,7-8,15-18H2,(H,28,31)(H,29,30)/t23-/m0/s1. The first-order valence-corrected chi connectivity index (χ1v) is 11.2. The maximum Gasteiger partial charge on any atom is 0.242 e. The Balaban J connectivity index is 1.50. The predicted octanol–water partition coefficient (Wildman–Crippen LogP) is 4.05. The van der Waals surface area contributed by atoms with Gasteiger partial charge in [0.25, 0.3) is 0 Å². The van der Waals surface area contributed by atoms with E-state index in [0.717, 1.165) is 24.1 Å². The number of amides is 2. The van der Waals surface area contributed by atoms with Crippen molar-refractivity contribution in [2.24, 2.45) is 5.92 Å². The average molecular weight is 426 g/mol. The van der Waals surface area contributed by atoms with Crippen molar-refractivity contribution in [2.45, 2.75) is 51.0 Å². The maximum atomic E-state index is 13.0. The summed E-state index contributed by atoms with van der Waals surface area (Å²) in [6.45, 7) is 0.942. The first-order valence-electron chi connectivity index (χ1n) is 11.2. The highest BCUT2D eigenvalue weighted by atomic mass is 19.1. The monoisotopic (exact) mass is 425 g/mol. The molecule has 1 fully saturated rings. The summed E-state index contributed by atoms with van der Waals surface area (Å²) < 4.78 is 13.0. The zero-order valence-corrected chi connectivity index (χ0v) is 17.9. The summed E-state index contributed by atoms with van der Waals surface area (Å²) in [6.07, 6.45) is 6.81. The molecule has 0 heterocycles. The first-order chi connectivity index (χ1) is 15.1. The van der Waals surface area contributed by atoms with Gasteiger partial charge >= 0.3 is 0 Å². The fraction of sp³-hybridized carbons (Fsp3) is 0.440. The van der Waals surface area contributed by atoms with Crippen molar-refractivity contribution in [3.63, 3.8) is 0 Å². The number of carbonyl (C=O) groups is 2. The Morgan fingerprint density at radius 2 is 1.65 bits per heavy atom. The van der Waals surface area contributed by atoms with E-state index in [-0.39, 0.29) is 24.1 Å². The third-order valence-corrected chi connectivity index (χ3v) is 5.75. The number of hydrogen-bond acceptors (Lipinski definition) is 3. The van der Waals surface area contributed by atoms with E-state index in [1.54, 1.807) is 12.1 Å². The zero-order chi connectivity index (χ0) is 21.9. The van der Waals surface area contributed by atoms with Gasteiger partial charge in [-0.3, -0.25) is 9.59 Å². The third-order valence-electron chi connectivity index (χ3n) is 5.75. The Hall–Kier alpha value is -2.89. The van der Waals surface area contributed by atoms with Crippen molar-refractivity contribution in [3.05, 3.63) is 66.0 Å². The van der Waals surface area contributed by atoms with Crippen molar-refractivity contribution in [1.82, 2.24) is 10.6 Å². The van der Waals surface area contributed by atoms with E-state index in [9.17, 15) is 14.0 Å². The summed E-state index contributed by atoms with van der Waals surface area (Å²) in [5.74, 6) is -0.0889. The lowest BCUT2D eigenvalue weighted by Crippen LogP contribution is -2.49. The van der Waals surface area contributed by atoms with Crippen LogP contribution in [0.5, 0.6) is 0 Å². The second kappa shape index (κ2) is 12.1.